The monoisotopic (exact) mass is 365 g/mol. The van der Waals surface area contributed by atoms with Gasteiger partial charge in [0.05, 0.1) is 0 Å². The lowest BCUT2D eigenvalue weighted by molar-refractivity contribution is -0.123. The number of carbonyl (C=O) groups is 2. The molecule has 0 radical (unpaired) electrons. The number of rotatable bonds is 4. The number of carbonyl (C=O) groups excluding carboxylic acids is 2. The first-order chi connectivity index (χ1) is 12.6. The summed E-state index contributed by atoms with van der Waals surface area (Å²) in [5.74, 6) is -0.761. The predicted molar refractivity (Wildman–Crippen MR) is 104 cm³/mol. The van der Waals surface area contributed by atoms with Crippen LogP contribution in [0.15, 0.2) is 48.5 Å². The molecule has 4 nitrogen and oxygen atoms in total. The van der Waals surface area contributed by atoms with Gasteiger partial charge in [0.25, 0.3) is 5.91 Å². The fourth-order valence-electron chi connectivity index (χ4n) is 3.21. The zero-order chi connectivity index (χ0) is 18.1. The molecule has 0 unspecified atom stereocenters. The van der Waals surface area contributed by atoms with Crippen molar-refractivity contribution >= 4 is 39.7 Å². The molecule has 1 N–H and O–H groups in total. The van der Waals surface area contributed by atoms with Crippen LogP contribution in [0.1, 0.15) is 33.5 Å². The van der Waals surface area contributed by atoms with Crippen LogP contribution in [0.5, 0.6) is 0 Å². The van der Waals surface area contributed by atoms with E-state index >= 15 is 0 Å². The van der Waals surface area contributed by atoms with Gasteiger partial charge in [0.15, 0.2) is 6.10 Å². The van der Waals surface area contributed by atoms with Crippen molar-refractivity contribution in [3.05, 3.63) is 63.8 Å². The van der Waals surface area contributed by atoms with E-state index in [1.165, 1.54) is 21.8 Å². The van der Waals surface area contributed by atoms with E-state index in [2.05, 4.69) is 5.32 Å². The molecule has 1 amide bonds. The van der Waals surface area contributed by atoms with Crippen molar-refractivity contribution in [3.8, 4) is 0 Å². The second kappa shape index (κ2) is 6.92. The molecule has 0 fully saturated rings. The Morgan fingerprint density at radius 3 is 2.69 bits per heavy atom. The molecule has 2 aromatic carbocycles. The number of ether oxygens (including phenoxy) is 1. The Hall–Kier alpha value is -2.66. The summed E-state index contributed by atoms with van der Waals surface area (Å²) in [5, 5.41) is 4.97. The van der Waals surface area contributed by atoms with Crippen LogP contribution in [0.3, 0.4) is 0 Å². The van der Waals surface area contributed by atoms with Crippen LogP contribution in [-0.4, -0.2) is 18.0 Å². The Kier molecular flexibility index (Phi) is 4.47. The minimum Gasteiger partial charge on any atom is -0.448 e. The SMILES string of the molecule is C[C@@H](OC(=O)c1cc2c(s1)CCC2)C(=O)Nc1ccc2ccccc2c1. The third kappa shape index (κ3) is 3.35. The molecule has 0 spiro atoms. The Morgan fingerprint density at radius 2 is 1.88 bits per heavy atom. The number of amides is 1. The summed E-state index contributed by atoms with van der Waals surface area (Å²) in [4.78, 5) is 26.5. The molecule has 3 aromatic rings. The van der Waals surface area contributed by atoms with Crippen LogP contribution in [0.25, 0.3) is 10.8 Å². The first-order valence-corrected chi connectivity index (χ1v) is 9.54. The molecule has 5 heteroatoms. The smallest absolute Gasteiger partial charge is 0.349 e. The van der Waals surface area contributed by atoms with Crippen LogP contribution in [-0.2, 0) is 22.4 Å². The van der Waals surface area contributed by atoms with Crippen LogP contribution in [0.4, 0.5) is 5.69 Å². The van der Waals surface area contributed by atoms with Crippen LogP contribution >= 0.6 is 11.3 Å². The fourth-order valence-corrected chi connectivity index (χ4v) is 4.35. The topological polar surface area (TPSA) is 55.4 Å². The highest BCUT2D eigenvalue weighted by atomic mass is 32.1. The van der Waals surface area contributed by atoms with Crippen molar-refractivity contribution in [2.45, 2.75) is 32.3 Å². The maximum Gasteiger partial charge on any atom is 0.349 e. The summed E-state index contributed by atoms with van der Waals surface area (Å²) in [6.45, 7) is 1.59. The van der Waals surface area contributed by atoms with Crippen molar-refractivity contribution in [3.63, 3.8) is 0 Å². The first-order valence-electron chi connectivity index (χ1n) is 8.72. The minimum absolute atomic E-state index is 0.335. The molecule has 1 aliphatic carbocycles. The number of esters is 1. The molecule has 0 saturated carbocycles. The summed E-state index contributed by atoms with van der Waals surface area (Å²) in [6.07, 6.45) is 2.36. The van der Waals surface area contributed by atoms with Gasteiger partial charge in [0, 0.05) is 10.6 Å². The Morgan fingerprint density at radius 1 is 1.08 bits per heavy atom. The first kappa shape index (κ1) is 16.8. The number of thiophene rings is 1. The minimum atomic E-state index is -0.856. The van der Waals surface area contributed by atoms with Crippen molar-refractivity contribution in [2.75, 3.05) is 5.32 Å². The molecule has 1 aliphatic rings. The van der Waals surface area contributed by atoms with Gasteiger partial charge < -0.3 is 10.1 Å². The lowest BCUT2D eigenvalue weighted by Crippen LogP contribution is -2.29. The largest absolute Gasteiger partial charge is 0.448 e. The van der Waals surface area contributed by atoms with E-state index in [1.807, 2.05) is 48.5 Å². The predicted octanol–water partition coefficient (Wildman–Crippen LogP) is 4.57. The van der Waals surface area contributed by atoms with Gasteiger partial charge in [0.1, 0.15) is 4.88 Å². The van der Waals surface area contributed by atoms with Crippen molar-refractivity contribution < 1.29 is 14.3 Å². The highest BCUT2D eigenvalue weighted by Crippen LogP contribution is 2.31. The molecule has 4 rings (SSSR count). The number of benzene rings is 2. The molecule has 1 atom stereocenters. The van der Waals surface area contributed by atoms with Gasteiger partial charge in [0.2, 0.25) is 0 Å². The van der Waals surface area contributed by atoms with E-state index in [0.29, 0.717) is 10.6 Å². The maximum atomic E-state index is 12.4. The van der Waals surface area contributed by atoms with Crippen molar-refractivity contribution in [1.29, 1.82) is 0 Å². The normalized spacial score (nSPS) is 14.0. The molecular formula is C21H19NO3S. The third-order valence-electron chi connectivity index (χ3n) is 4.62. The van der Waals surface area contributed by atoms with Crippen LogP contribution in [0, 0.1) is 0 Å². The van der Waals surface area contributed by atoms with Gasteiger partial charge in [-0.15, -0.1) is 11.3 Å². The number of hydrogen-bond donors (Lipinski definition) is 1. The van der Waals surface area contributed by atoms with Gasteiger partial charge in [-0.05, 0) is 60.7 Å². The number of aryl methyl sites for hydroxylation is 2. The lowest BCUT2D eigenvalue weighted by Gasteiger charge is -2.13. The van der Waals surface area contributed by atoms with E-state index in [0.717, 1.165) is 30.0 Å². The Bertz CT molecular complexity index is 970. The quantitative estimate of drug-likeness (QED) is 0.689. The lowest BCUT2D eigenvalue weighted by atomic mass is 10.1. The summed E-state index contributed by atoms with van der Waals surface area (Å²) >= 11 is 1.48. The molecule has 132 valence electrons. The van der Waals surface area contributed by atoms with Gasteiger partial charge in [-0.2, -0.15) is 0 Å². The molecular weight excluding hydrogens is 346 g/mol. The average molecular weight is 365 g/mol. The molecule has 0 bridgehead atoms. The second-order valence-electron chi connectivity index (χ2n) is 6.51. The van der Waals surface area contributed by atoms with Crippen molar-refractivity contribution in [1.82, 2.24) is 0 Å². The molecule has 0 saturated heterocycles. The number of fused-ring (bicyclic) bond motifs is 2. The highest BCUT2D eigenvalue weighted by Gasteiger charge is 2.23. The van der Waals surface area contributed by atoms with Gasteiger partial charge in [-0.1, -0.05) is 30.3 Å². The van der Waals surface area contributed by atoms with Gasteiger partial charge >= 0.3 is 5.97 Å². The van der Waals surface area contributed by atoms with Crippen molar-refractivity contribution in [2.24, 2.45) is 0 Å². The maximum absolute atomic E-state index is 12.4. The molecule has 1 aromatic heterocycles. The Balaban J connectivity index is 1.40. The Labute approximate surface area is 155 Å². The molecule has 26 heavy (non-hydrogen) atoms. The van der Waals surface area contributed by atoms with Crippen LogP contribution < -0.4 is 5.32 Å². The molecule has 0 aliphatic heterocycles. The molecule has 1 heterocycles. The summed E-state index contributed by atoms with van der Waals surface area (Å²) in [5.41, 5.74) is 1.93. The van der Waals surface area contributed by atoms with E-state index in [-0.39, 0.29) is 5.91 Å². The third-order valence-corrected chi connectivity index (χ3v) is 5.83. The van der Waals surface area contributed by atoms with Gasteiger partial charge in [-0.3, -0.25) is 4.79 Å². The van der Waals surface area contributed by atoms with E-state index in [4.69, 9.17) is 4.74 Å². The van der Waals surface area contributed by atoms with E-state index in [1.54, 1.807) is 6.92 Å². The van der Waals surface area contributed by atoms with Gasteiger partial charge in [-0.25, -0.2) is 4.79 Å². The highest BCUT2D eigenvalue weighted by molar-refractivity contribution is 7.14. The van der Waals surface area contributed by atoms with E-state index in [9.17, 15) is 9.59 Å². The standard InChI is InChI=1S/C21H19NO3S/c1-13(25-21(24)19-12-16-7-4-8-18(16)26-19)20(23)22-17-10-9-14-5-2-3-6-15(14)11-17/h2-3,5-6,9-13H,4,7-8H2,1H3,(H,22,23)/t13-/m1/s1. The zero-order valence-electron chi connectivity index (χ0n) is 14.5. The van der Waals surface area contributed by atoms with Crippen LogP contribution in [0.2, 0.25) is 0 Å². The fraction of sp³-hybridized carbons (Fsp3) is 0.238. The number of anilines is 1. The number of nitrogens with one attached hydrogen (secondary N) is 1. The number of hydrogen-bond acceptors (Lipinski definition) is 4. The summed E-state index contributed by atoms with van der Waals surface area (Å²) in [6, 6.07) is 15.6. The zero-order valence-corrected chi connectivity index (χ0v) is 15.3. The summed E-state index contributed by atoms with van der Waals surface area (Å²) < 4.78 is 5.35. The summed E-state index contributed by atoms with van der Waals surface area (Å²) in [7, 11) is 0. The average Bonchev–Trinajstić information content (AvgIpc) is 3.23. The van der Waals surface area contributed by atoms with E-state index < -0.39 is 12.1 Å². The second-order valence-corrected chi connectivity index (χ2v) is 7.65.